The molecule has 52 heavy (non-hydrogen) atoms. The van der Waals surface area contributed by atoms with Crippen LogP contribution in [0.3, 0.4) is 0 Å². The average Bonchev–Trinajstić information content (AvgIpc) is 3.12. The Labute approximate surface area is 321 Å². The standard InChI is InChI=1S/C45H83NO6/c1-5-7-9-11-13-15-17-19-21-23-25-27-29-31-33-36-43(47)50-40-42(41-51-44(48)38-35-39-46(3)4)52-45(49)37-34-32-30-28-26-24-22-20-18-16-14-12-10-8-6-2/h19-22,42H,5-18,23-41H2,1-4H3/b21-19-,22-20-/t42-/m1/s1. The first-order valence-electron chi connectivity index (χ1n) is 21.8. The molecule has 0 aromatic carbocycles. The van der Waals surface area contributed by atoms with Gasteiger partial charge in [0.25, 0.3) is 0 Å². The summed E-state index contributed by atoms with van der Waals surface area (Å²) in [6.07, 6.45) is 41.4. The molecule has 0 bridgehead atoms. The molecule has 0 aromatic rings. The molecule has 0 amide bonds. The number of hydrogen-bond acceptors (Lipinski definition) is 7. The van der Waals surface area contributed by atoms with Gasteiger partial charge in [-0.15, -0.1) is 0 Å². The summed E-state index contributed by atoms with van der Waals surface area (Å²) in [6, 6.07) is 0. The van der Waals surface area contributed by atoms with Crippen molar-refractivity contribution in [2.24, 2.45) is 0 Å². The lowest BCUT2D eigenvalue weighted by atomic mass is 10.1. The van der Waals surface area contributed by atoms with Gasteiger partial charge < -0.3 is 19.1 Å². The van der Waals surface area contributed by atoms with Crippen LogP contribution in [0.5, 0.6) is 0 Å². The average molecular weight is 734 g/mol. The zero-order valence-corrected chi connectivity index (χ0v) is 34.6. The Bertz CT molecular complexity index is 870. The second-order valence-corrected chi connectivity index (χ2v) is 15.1. The molecule has 0 saturated heterocycles. The predicted octanol–water partition coefficient (Wildman–Crippen LogP) is 12.4. The molecule has 0 aliphatic heterocycles. The fourth-order valence-electron chi connectivity index (χ4n) is 6.10. The topological polar surface area (TPSA) is 82.1 Å². The molecule has 0 radical (unpaired) electrons. The highest BCUT2D eigenvalue weighted by atomic mass is 16.6. The number of ether oxygens (including phenoxy) is 3. The van der Waals surface area contributed by atoms with E-state index >= 15 is 0 Å². The Morgan fingerprint density at radius 3 is 1.15 bits per heavy atom. The quantitative estimate of drug-likeness (QED) is 0.0269. The summed E-state index contributed by atoms with van der Waals surface area (Å²) in [7, 11) is 3.92. The van der Waals surface area contributed by atoms with Crippen LogP contribution in [0.4, 0.5) is 0 Å². The maximum Gasteiger partial charge on any atom is 0.306 e. The summed E-state index contributed by atoms with van der Waals surface area (Å²) < 4.78 is 16.5. The molecule has 7 heteroatoms. The van der Waals surface area contributed by atoms with Crippen LogP contribution in [-0.4, -0.2) is 62.8 Å². The van der Waals surface area contributed by atoms with Crippen LogP contribution in [0.2, 0.25) is 0 Å². The molecule has 304 valence electrons. The van der Waals surface area contributed by atoms with Crippen molar-refractivity contribution in [1.82, 2.24) is 4.90 Å². The fraction of sp³-hybridized carbons (Fsp3) is 0.844. The second-order valence-electron chi connectivity index (χ2n) is 15.1. The van der Waals surface area contributed by atoms with Crippen molar-refractivity contribution >= 4 is 17.9 Å². The smallest absolute Gasteiger partial charge is 0.306 e. The van der Waals surface area contributed by atoms with E-state index in [1.165, 1.54) is 109 Å². The number of allylic oxidation sites excluding steroid dienone is 4. The third-order valence-corrected chi connectivity index (χ3v) is 9.43. The van der Waals surface area contributed by atoms with E-state index in [1.807, 2.05) is 19.0 Å². The van der Waals surface area contributed by atoms with E-state index in [9.17, 15) is 14.4 Å². The summed E-state index contributed by atoms with van der Waals surface area (Å²) in [5.41, 5.74) is 0. The van der Waals surface area contributed by atoms with Crippen LogP contribution in [0.15, 0.2) is 24.3 Å². The van der Waals surface area contributed by atoms with Gasteiger partial charge in [-0.3, -0.25) is 14.4 Å². The fourth-order valence-corrected chi connectivity index (χ4v) is 6.10. The lowest BCUT2D eigenvalue weighted by molar-refractivity contribution is -0.167. The zero-order valence-electron chi connectivity index (χ0n) is 34.6. The molecule has 0 N–H and O–H groups in total. The Kier molecular flexibility index (Phi) is 38.4. The number of esters is 3. The van der Waals surface area contributed by atoms with E-state index in [-0.39, 0.29) is 31.1 Å². The van der Waals surface area contributed by atoms with Gasteiger partial charge in [-0.2, -0.15) is 0 Å². The molecule has 0 heterocycles. The van der Waals surface area contributed by atoms with Crippen LogP contribution in [0.25, 0.3) is 0 Å². The highest BCUT2D eigenvalue weighted by molar-refractivity contribution is 5.71. The van der Waals surface area contributed by atoms with E-state index in [0.717, 1.165) is 64.3 Å². The Morgan fingerprint density at radius 1 is 0.442 bits per heavy atom. The summed E-state index contributed by atoms with van der Waals surface area (Å²) >= 11 is 0. The summed E-state index contributed by atoms with van der Waals surface area (Å²) in [6.45, 7) is 5.12. The van der Waals surface area contributed by atoms with E-state index in [4.69, 9.17) is 14.2 Å². The van der Waals surface area contributed by atoms with Gasteiger partial charge in [-0.25, -0.2) is 0 Å². The van der Waals surface area contributed by atoms with Crippen molar-refractivity contribution in [3.63, 3.8) is 0 Å². The minimum Gasteiger partial charge on any atom is -0.462 e. The summed E-state index contributed by atoms with van der Waals surface area (Å²) in [5.74, 6) is -0.965. The normalized spacial score (nSPS) is 12.2. The van der Waals surface area contributed by atoms with E-state index in [2.05, 4.69) is 38.2 Å². The monoisotopic (exact) mass is 734 g/mol. The van der Waals surface area contributed by atoms with Gasteiger partial charge in [-0.1, -0.05) is 141 Å². The Hall–Kier alpha value is -2.15. The second kappa shape index (κ2) is 40.0. The van der Waals surface area contributed by atoms with Gasteiger partial charge in [0.2, 0.25) is 0 Å². The minimum absolute atomic E-state index is 0.0903. The molecule has 0 saturated carbocycles. The molecule has 0 fully saturated rings. The molecule has 0 aliphatic rings. The molecule has 1 atom stereocenters. The molecule has 0 unspecified atom stereocenters. The van der Waals surface area contributed by atoms with Gasteiger partial charge >= 0.3 is 17.9 Å². The van der Waals surface area contributed by atoms with E-state index in [1.54, 1.807) is 0 Å². The van der Waals surface area contributed by atoms with Crippen molar-refractivity contribution in [2.75, 3.05) is 33.9 Å². The van der Waals surface area contributed by atoms with E-state index < -0.39 is 6.10 Å². The molecule has 7 nitrogen and oxygen atoms in total. The summed E-state index contributed by atoms with van der Waals surface area (Å²) in [4.78, 5) is 39.4. The molecule has 0 rings (SSSR count). The van der Waals surface area contributed by atoms with Gasteiger partial charge in [0.05, 0.1) is 0 Å². The molecule has 0 spiro atoms. The number of carbonyl (C=O) groups is 3. The van der Waals surface area contributed by atoms with Crippen LogP contribution >= 0.6 is 0 Å². The van der Waals surface area contributed by atoms with Crippen molar-refractivity contribution in [1.29, 1.82) is 0 Å². The lowest BCUT2D eigenvalue weighted by Gasteiger charge is -2.18. The van der Waals surface area contributed by atoms with Crippen molar-refractivity contribution < 1.29 is 28.6 Å². The van der Waals surface area contributed by atoms with Crippen LogP contribution in [-0.2, 0) is 28.6 Å². The molecular weight excluding hydrogens is 650 g/mol. The number of carbonyl (C=O) groups excluding carboxylic acids is 3. The zero-order chi connectivity index (χ0) is 38.2. The predicted molar refractivity (Wildman–Crippen MR) is 218 cm³/mol. The van der Waals surface area contributed by atoms with Gasteiger partial charge in [0.1, 0.15) is 13.2 Å². The third kappa shape index (κ3) is 39.1. The lowest BCUT2D eigenvalue weighted by Crippen LogP contribution is -2.31. The SMILES string of the molecule is CCCCCCCC/C=C\CCCCCCCC(=O)OC[C@H](COC(=O)CCCN(C)C)OC(=O)CCCCCCC/C=C\CCCCCCCC. The largest absolute Gasteiger partial charge is 0.462 e. The first kappa shape index (κ1) is 49.9. The van der Waals surface area contributed by atoms with E-state index in [0.29, 0.717) is 25.7 Å². The number of hydrogen-bond donors (Lipinski definition) is 0. The van der Waals surface area contributed by atoms with Gasteiger partial charge in [0.15, 0.2) is 6.10 Å². The van der Waals surface area contributed by atoms with Crippen LogP contribution in [0, 0.1) is 0 Å². The highest BCUT2D eigenvalue weighted by Gasteiger charge is 2.19. The molecule has 0 aliphatic carbocycles. The van der Waals surface area contributed by atoms with Gasteiger partial charge in [0, 0.05) is 19.3 Å². The summed E-state index contributed by atoms with van der Waals surface area (Å²) in [5, 5.41) is 0. The number of unbranched alkanes of at least 4 members (excludes halogenated alkanes) is 22. The van der Waals surface area contributed by atoms with Crippen molar-refractivity contribution in [2.45, 2.75) is 213 Å². The number of nitrogens with zero attached hydrogens (tertiary/aromatic N) is 1. The van der Waals surface area contributed by atoms with Crippen LogP contribution in [0.1, 0.15) is 206 Å². The maximum absolute atomic E-state index is 12.6. The molecule has 0 aromatic heterocycles. The Morgan fingerprint density at radius 2 is 0.769 bits per heavy atom. The first-order chi connectivity index (χ1) is 25.4. The Balaban J connectivity index is 4.21. The van der Waals surface area contributed by atoms with Crippen LogP contribution < -0.4 is 0 Å². The maximum atomic E-state index is 12.6. The highest BCUT2D eigenvalue weighted by Crippen LogP contribution is 2.13. The van der Waals surface area contributed by atoms with Crippen molar-refractivity contribution in [3.8, 4) is 0 Å². The number of rotatable bonds is 39. The first-order valence-corrected chi connectivity index (χ1v) is 21.8. The van der Waals surface area contributed by atoms with Crippen molar-refractivity contribution in [3.05, 3.63) is 24.3 Å². The third-order valence-electron chi connectivity index (χ3n) is 9.43. The molecular formula is C45H83NO6. The van der Waals surface area contributed by atoms with Gasteiger partial charge in [-0.05, 0) is 91.3 Å². The minimum atomic E-state index is -0.786.